The molecule has 0 spiro atoms. The molecule has 2 nitrogen and oxygen atoms in total. The number of hydrogen-bond acceptors (Lipinski definition) is 2. The third-order valence-corrected chi connectivity index (χ3v) is 3.32. The van der Waals surface area contributed by atoms with Gasteiger partial charge in [-0.05, 0) is 18.9 Å². The molecule has 86 valence electrons. The second kappa shape index (κ2) is 5.15. The van der Waals surface area contributed by atoms with Crippen molar-refractivity contribution in [2.75, 3.05) is 7.11 Å². The number of ether oxygens (including phenoxy) is 1. The van der Waals surface area contributed by atoms with Crippen molar-refractivity contribution < 1.29 is 9.53 Å². The topological polar surface area (TPSA) is 26.3 Å². The van der Waals surface area contributed by atoms with Gasteiger partial charge in [-0.15, -0.1) is 0 Å². The lowest BCUT2D eigenvalue weighted by atomic mass is 9.90. The van der Waals surface area contributed by atoms with E-state index in [0.717, 1.165) is 37.0 Å². The molecule has 1 aromatic rings. The van der Waals surface area contributed by atoms with Crippen molar-refractivity contribution in [3.05, 3.63) is 29.8 Å². The number of carbonyl (C=O) groups excluding carboxylic acids is 1. The molecule has 1 unspecified atom stereocenters. The summed E-state index contributed by atoms with van der Waals surface area (Å²) in [6, 6.07) is 7.89. The Hall–Kier alpha value is -1.31. The Kier molecular flexibility index (Phi) is 3.60. The number of methoxy groups -OCH3 is 1. The van der Waals surface area contributed by atoms with Gasteiger partial charge in [0.2, 0.25) is 0 Å². The molecule has 0 bridgehead atoms. The van der Waals surface area contributed by atoms with Gasteiger partial charge in [0.15, 0.2) is 0 Å². The third-order valence-electron chi connectivity index (χ3n) is 3.32. The van der Waals surface area contributed by atoms with E-state index in [4.69, 9.17) is 4.74 Å². The van der Waals surface area contributed by atoms with E-state index in [1.54, 1.807) is 7.11 Å². The maximum Gasteiger partial charge on any atom is 0.140 e. The van der Waals surface area contributed by atoms with Crippen LogP contribution >= 0.6 is 0 Å². The van der Waals surface area contributed by atoms with Crippen LogP contribution in [0.25, 0.3) is 0 Å². The summed E-state index contributed by atoms with van der Waals surface area (Å²) in [5.74, 6) is 1.28. The van der Waals surface area contributed by atoms with Crippen molar-refractivity contribution in [3.63, 3.8) is 0 Å². The molecule has 0 saturated heterocycles. The van der Waals surface area contributed by atoms with E-state index < -0.39 is 0 Å². The molecule has 1 aliphatic carbocycles. The highest BCUT2D eigenvalue weighted by molar-refractivity contribution is 5.86. The number of hydrogen-bond donors (Lipinski definition) is 0. The van der Waals surface area contributed by atoms with Gasteiger partial charge in [0.05, 0.1) is 7.11 Å². The maximum absolute atomic E-state index is 12.0. The fraction of sp³-hybridized carbons (Fsp3) is 0.500. The van der Waals surface area contributed by atoms with Crippen LogP contribution in [0.3, 0.4) is 0 Å². The number of carbonyl (C=O) groups is 1. The zero-order valence-electron chi connectivity index (χ0n) is 9.74. The van der Waals surface area contributed by atoms with E-state index in [0.29, 0.717) is 5.78 Å². The summed E-state index contributed by atoms with van der Waals surface area (Å²) in [4.78, 5) is 12.0. The summed E-state index contributed by atoms with van der Waals surface area (Å²) in [6.45, 7) is 0. The third kappa shape index (κ3) is 2.26. The second-order valence-electron chi connectivity index (χ2n) is 4.36. The van der Waals surface area contributed by atoms with Gasteiger partial charge in [-0.2, -0.15) is 0 Å². The van der Waals surface area contributed by atoms with Crippen molar-refractivity contribution in [1.29, 1.82) is 0 Å². The lowest BCUT2D eigenvalue weighted by molar-refractivity contribution is -0.120. The van der Waals surface area contributed by atoms with Crippen LogP contribution in [0.1, 0.15) is 43.6 Å². The zero-order chi connectivity index (χ0) is 11.4. The molecule has 2 heteroatoms. The first-order valence-electron chi connectivity index (χ1n) is 5.98. The van der Waals surface area contributed by atoms with Crippen molar-refractivity contribution in [2.45, 2.75) is 38.0 Å². The number of benzene rings is 1. The average molecular weight is 218 g/mol. The molecule has 1 aromatic carbocycles. The lowest BCUT2D eigenvalue weighted by Gasteiger charge is -2.16. The summed E-state index contributed by atoms with van der Waals surface area (Å²) in [5.41, 5.74) is 1.07. The first-order valence-corrected chi connectivity index (χ1v) is 5.98. The molecule has 0 aliphatic heterocycles. The first-order chi connectivity index (χ1) is 7.83. The molecular weight excluding hydrogens is 200 g/mol. The second-order valence-corrected chi connectivity index (χ2v) is 4.36. The van der Waals surface area contributed by atoms with Crippen LogP contribution in [-0.2, 0) is 4.79 Å². The lowest BCUT2D eigenvalue weighted by Crippen LogP contribution is -2.11. The Morgan fingerprint density at radius 1 is 1.19 bits per heavy atom. The predicted octanol–water partition coefficient (Wildman–Crippen LogP) is 3.31. The minimum atomic E-state index is 0.0543. The summed E-state index contributed by atoms with van der Waals surface area (Å²) >= 11 is 0. The fourth-order valence-corrected chi connectivity index (χ4v) is 2.44. The summed E-state index contributed by atoms with van der Waals surface area (Å²) in [5, 5.41) is 0. The predicted molar refractivity (Wildman–Crippen MR) is 63.8 cm³/mol. The average Bonchev–Trinajstić information content (AvgIpc) is 2.54. The van der Waals surface area contributed by atoms with E-state index in [1.165, 1.54) is 6.42 Å². The number of rotatable bonds is 2. The molecule has 2 rings (SSSR count). The molecule has 0 heterocycles. The van der Waals surface area contributed by atoms with Crippen molar-refractivity contribution in [2.24, 2.45) is 0 Å². The van der Waals surface area contributed by atoms with Crippen LogP contribution in [0.4, 0.5) is 0 Å². The van der Waals surface area contributed by atoms with Crippen LogP contribution in [0.15, 0.2) is 24.3 Å². The highest BCUT2D eigenvalue weighted by atomic mass is 16.5. The van der Waals surface area contributed by atoms with Gasteiger partial charge in [0.1, 0.15) is 11.5 Å². The minimum Gasteiger partial charge on any atom is -0.496 e. The van der Waals surface area contributed by atoms with E-state index in [2.05, 4.69) is 0 Å². The Bertz CT molecular complexity index is 371. The van der Waals surface area contributed by atoms with Gasteiger partial charge in [-0.1, -0.05) is 31.0 Å². The summed E-state index contributed by atoms with van der Waals surface area (Å²) in [7, 11) is 1.67. The first kappa shape index (κ1) is 11.2. The number of Topliss-reactive ketones (excluding diaryl/α,β-unsaturated/α-hetero) is 1. The minimum absolute atomic E-state index is 0.0543. The smallest absolute Gasteiger partial charge is 0.140 e. The monoisotopic (exact) mass is 218 g/mol. The van der Waals surface area contributed by atoms with Gasteiger partial charge in [-0.3, -0.25) is 4.79 Å². The molecule has 0 N–H and O–H groups in total. The van der Waals surface area contributed by atoms with Gasteiger partial charge >= 0.3 is 0 Å². The van der Waals surface area contributed by atoms with Crippen molar-refractivity contribution in [1.82, 2.24) is 0 Å². The Balaban J connectivity index is 2.30. The van der Waals surface area contributed by atoms with Gasteiger partial charge in [-0.25, -0.2) is 0 Å². The molecule has 1 fully saturated rings. The standard InChI is InChI=1S/C14H18O2/c1-16-14-10-6-5-8-12(14)11-7-3-2-4-9-13(11)15/h5-6,8,10-11H,2-4,7,9H2,1H3. The maximum atomic E-state index is 12.0. The van der Waals surface area contributed by atoms with Crippen LogP contribution < -0.4 is 4.74 Å². The van der Waals surface area contributed by atoms with Crippen LogP contribution in [-0.4, -0.2) is 12.9 Å². The van der Waals surface area contributed by atoms with Crippen LogP contribution in [0.5, 0.6) is 5.75 Å². The Morgan fingerprint density at radius 2 is 2.00 bits per heavy atom. The van der Waals surface area contributed by atoms with E-state index >= 15 is 0 Å². The molecular formula is C14H18O2. The molecule has 0 aromatic heterocycles. The highest BCUT2D eigenvalue weighted by Crippen LogP contribution is 2.34. The van der Waals surface area contributed by atoms with E-state index in [1.807, 2.05) is 24.3 Å². The Labute approximate surface area is 96.6 Å². The van der Waals surface area contributed by atoms with E-state index in [-0.39, 0.29) is 5.92 Å². The fourth-order valence-electron chi connectivity index (χ4n) is 2.44. The van der Waals surface area contributed by atoms with Gasteiger partial charge < -0.3 is 4.74 Å². The quantitative estimate of drug-likeness (QED) is 0.712. The molecule has 0 amide bonds. The van der Waals surface area contributed by atoms with E-state index in [9.17, 15) is 4.79 Å². The molecule has 1 atom stereocenters. The number of ketones is 1. The summed E-state index contributed by atoms with van der Waals surface area (Å²) in [6.07, 6.45) is 5.07. The zero-order valence-corrected chi connectivity index (χ0v) is 9.74. The highest BCUT2D eigenvalue weighted by Gasteiger charge is 2.24. The van der Waals surface area contributed by atoms with Gasteiger partial charge in [0.25, 0.3) is 0 Å². The number of para-hydroxylation sites is 1. The summed E-state index contributed by atoms with van der Waals surface area (Å²) < 4.78 is 5.34. The SMILES string of the molecule is COc1ccccc1C1CCCCCC1=O. The van der Waals surface area contributed by atoms with Crippen LogP contribution in [0.2, 0.25) is 0 Å². The van der Waals surface area contributed by atoms with Crippen LogP contribution in [0, 0.1) is 0 Å². The van der Waals surface area contributed by atoms with Gasteiger partial charge in [0, 0.05) is 17.9 Å². The molecule has 1 aliphatic rings. The molecule has 16 heavy (non-hydrogen) atoms. The van der Waals surface area contributed by atoms with Crippen molar-refractivity contribution in [3.8, 4) is 5.75 Å². The normalized spacial score (nSPS) is 21.6. The largest absolute Gasteiger partial charge is 0.496 e. The molecule has 0 radical (unpaired) electrons. The molecule has 1 saturated carbocycles. The Morgan fingerprint density at radius 3 is 2.81 bits per heavy atom. The van der Waals surface area contributed by atoms with Crippen molar-refractivity contribution >= 4 is 5.78 Å².